The van der Waals surface area contributed by atoms with Gasteiger partial charge < -0.3 is 10.2 Å². The van der Waals surface area contributed by atoms with E-state index in [9.17, 15) is 4.79 Å². The lowest BCUT2D eigenvalue weighted by Crippen LogP contribution is -2.31. The van der Waals surface area contributed by atoms with E-state index in [0.29, 0.717) is 12.1 Å². The molecule has 0 aromatic heterocycles. The van der Waals surface area contributed by atoms with E-state index in [1.165, 1.54) is 5.56 Å². The second kappa shape index (κ2) is 7.76. The Morgan fingerprint density at radius 2 is 1.73 bits per heavy atom. The van der Waals surface area contributed by atoms with Crippen molar-refractivity contribution in [2.45, 2.75) is 13.3 Å². The van der Waals surface area contributed by atoms with Gasteiger partial charge in [-0.25, -0.2) is 0 Å². The zero-order valence-corrected chi connectivity index (χ0v) is 13.6. The van der Waals surface area contributed by atoms with Crippen LogP contribution >= 0.6 is 0 Å². The molecule has 0 radical (unpaired) electrons. The Morgan fingerprint density at radius 1 is 1.05 bits per heavy atom. The van der Waals surface area contributed by atoms with Crippen LogP contribution in [0, 0.1) is 0 Å². The molecule has 22 heavy (non-hydrogen) atoms. The SMILES string of the molecule is CCc1cccc(-c2cccc(C(=O)NCCN(C)C)c2)c1. The fourth-order valence-corrected chi connectivity index (χ4v) is 2.31. The van der Waals surface area contributed by atoms with Gasteiger partial charge in [0, 0.05) is 18.7 Å². The first-order valence-electron chi connectivity index (χ1n) is 7.72. The van der Waals surface area contributed by atoms with E-state index < -0.39 is 0 Å². The molecule has 2 aromatic rings. The highest BCUT2D eigenvalue weighted by molar-refractivity contribution is 5.95. The minimum atomic E-state index is -0.0182. The van der Waals surface area contributed by atoms with Gasteiger partial charge in [-0.1, -0.05) is 43.3 Å². The summed E-state index contributed by atoms with van der Waals surface area (Å²) in [4.78, 5) is 14.3. The highest BCUT2D eigenvalue weighted by Gasteiger charge is 2.07. The van der Waals surface area contributed by atoms with Crippen LogP contribution in [0.4, 0.5) is 0 Å². The van der Waals surface area contributed by atoms with Gasteiger partial charge in [-0.3, -0.25) is 4.79 Å². The van der Waals surface area contributed by atoms with E-state index in [4.69, 9.17) is 0 Å². The quantitative estimate of drug-likeness (QED) is 0.888. The Morgan fingerprint density at radius 3 is 2.41 bits per heavy atom. The number of benzene rings is 2. The minimum Gasteiger partial charge on any atom is -0.351 e. The molecule has 3 heteroatoms. The number of nitrogens with zero attached hydrogens (tertiary/aromatic N) is 1. The van der Waals surface area contributed by atoms with Crippen molar-refractivity contribution in [2.75, 3.05) is 27.2 Å². The lowest BCUT2D eigenvalue weighted by atomic mass is 10.00. The summed E-state index contributed by atoms with van der Waals surface area (Å²) in [5.74, 6) is -0.0182. The summed E-state index contributed by atoms with van der Waals surface area (Å²) in [7, 11) is 3.99. The van der Waals surface area contributed by atoms with Crippen molar-refractivity contribution in [1.29, 1.82) is 0 Å². The Labute approximate surface area is 133 Å². The van der Waals surface area contributed by atoms with Gasteiger partial charge in [0.1, 0.15) is 0 Å². The molecule has 0 bridgehead atoms. The molecule has 0 aliphatic rings. The predicted molar refractivity (Wildman–Crippen MR) is 92.1 cm³/mol. The van der Waals surface area contributed by atoms with Gasteiger partial charge in [0.25, 0.3) is 5.91 Å². The Bertz CT molecular complexity index is 635. The number of likely N-dealkylation sites (N-methyl/N-ethyl adjacent to an activating group) is 1. The topological polar surface area (TPSA) is 32.3 Å². The fraction of sp³-hybridized carbons (Fsp3) is 0.316. The normalized spacial score (nSPS) is 10.7. The van der Waals surface area contributed by atoms with Crippen molar-refractivity contribution >= 4 is 5.91 Å². The molecule has 0 aliphatic heterocycles. The first kappa shape index (κ1) is 16.2. The van der Waals surface area contributed by atoms with Crippen molar-refractivity contribution in [3.8, 4) is 11.1 Å². The van der Waals surface area contributed by atoms with Gasteiger partial charge in [0.15, 0.2) is 0 Å². The maximum Gasteiger partial charge on any atom is 0.251 e. The molecule has 1 N–H and O–H groups in total. The standard InChI is InChI=1S/C19H24N2O/c1-4-15-7-5-8-16(13-15)17-9-6-10-18(14-17)19(22)20-11-12-21(2)3/h5-10,13-14H,4,11-12H2,1-3H3,(H,20,22). The number of carbonyl (C=O) groups excluding carboxylic acids is 1. The van der Waals surface area contributed by atoms with Crippen LogP contribution in [-0.4, -0.2) is 38.0 Å². The monoisotopic (exact) mass is 296 g/mol. The van der Waals surface area contributed by atoms with Crippen molar-refractivity contribution in [2.24, 2.45) is 0 Å². The number of amides is 1. The van der Waals surface area contributed by atoms with E-state index in [1.807, 2.05) is 43.3 Å². The van der Waals surface area contributed by atoms with Gasteiger partial charge in [-0.05, 0) is 49.3 Å². The van der Waals surface area contributed by atoms with Gasteiger partial charge >= 0.3 is 0 Å². The molecular weight excluding hydrogens is 272 g/mol. The van der Waals surface area contributed by atoms with Crippen LogP contribution in [0.1, 0.15) is 22.8 Å². The highest BCUT2D eigenvalue weighted by Crippen LogP contribution is 2.21. The molecule has 0 heterocycles. The van der Waals surface area contributed by atoms with E-state index in [-0.39, 0.29) is 5.91 Å². The number of hydrogen-bond acceptors (Lipinski definition) is 2. The lowest BCUT2D eigenvalue weighted by molar-refractivity contribution is 0.0951. The second-order valence-corrected chi connectivity index (χ2v) is 5.69. The molecule has 116 valence electrons. The highest BCUT2D eigenvalue weighted by atomic mass is 16.1. The second-order valence-electron chi connectivity index (χ2n) is 5.69. The zero-order chi connectivity index (χ0) is 15.9. The average Bonchev–Trinajstić information content (AvgIpc) is 2.54. The summed E-state index contributed by atoms with van der Waals surface area (Å²) < 4.78 is 0. The van der Waals surface area contributed by atoms with E-state index in [0.717, 1.165) is 24.1 Å². The molecule has 0 unspecified atom stereocenters. The first-order valence-corrected chi connectivity index (χ1v) is 7.72. The Kier molecular flexibility index (Phi) is 5.73. The molecular formula is C19H24N2O. The van der Waals surface area contributed by atoms with Crippen molar-refractivity contribution < 1.29 is 4.79 Å². The molecule has 3 nitrogen and oxygen atoms in total. The number of nitrogens with one attached hydrogen (secondary N) is 1. The third kappa shape index (κ3) is 4.43. The molecule has 0 saturated heterocycles. The van der Waals surface area contributed by atoms with Gasteiger partial charge in [-0.2, -0.15) is 0 Å². The van der Waals surface area contributed by atoms with Gasteiger partial charge in [0.05, 0.1) is 0 Å². The number of hydrogen-bond donors (Lipinski definition) is 1. The minimum absolute atomic E-state index is 0.0182. The molecule has 0 fully saturated rings. The fourth-order valence-electron chi connectivity index (χ4n) is 2.31. The molecule has 0 saturated carbocycles. The van der Waals surface area contributed by atoms with Crippen LogP contribution in [0.2, 0.25) is 0 Å². The summed E-state index contributed by atoms with van der Waals surface area (Å²) in [5.41, 5.74) is 4.24. The third-order valence-electron chi connectivity index (χ3n) is 3.64. The van der Waals surface area contributed by atoms with Gasteiger partial charge in [0.2, 0.25) is 0 Å². The largest absolute Gasteiger partial charge is 0.351 e. The maximum atomic E-state index is 12.2. The van der Waals surface area contributed by atoms with Crippen LogP contribution in [-0.2, 0) is 6.42 Å². The van der Waals surface area contributed by atoms with Crippen molar-refractivity contribution in [3.63, 3.8) is 0 Å². The lowest BCUT2D eigenvalue weighted by Gasteiger charge is -2.11. The van der Waals surface area contributed by atoms with Crippen LogP contribution < -0.4 is 5.32 Å². The molecule has 0 atom stereocenters. The van der Waals surface area contributed by atoms with Gasteiger partial charge in [-0.15, -0.1) is 0 Å². The zero-order valence-electron chi connectivity index (χ0n) is 13.6. The van der Waals surface area contributed by atoms with E-state index >= 15 is 0 Å². The Hall–Kier alpha value is -2.13. The maximum absolute atomic E-state index is 12.2. The molecule has 0 spiro atoms. The number of aryl methyl sites for hydroxylation is 1. The van der Waals surface area contributed by atoms with Crippen LogP contribution in [0.15, 0.2) is 48.5 Å². The Balaban J connectivity index is 2.13. The predicted octanol–water partition coefficient (Wildman–Crippen LogP) is 3.21. The molecule has 0 aliphatic carbocycles. The summed E-state index contributed by atoms with van der Waals surface area (Å²) in [6.45, 7) is 3.64. The molecule has 1 amide bonds. The number of carbonyl (C=O) groups is 1. The number of rotatable bonds is 6. The van der Waals surface area contributed by atoms with Crippen LogP contribution in [0.5, 0.6) is 0 Å². The summed E-state index contributed by atoms with van der Waals surface area (Å²) in [5, 5.41) is 2.95. The molecule has 2 aromatic carbocycles. The third-order valence-corrected chi connectivity index (χ3v) is 3.64. The van der Waals surface area contributed by atoms with Crippen molar-refractivity contribution in [1.82, 2.24) is 10.2 Å². The first-order chi connectivity index (χ1) is 10.6. The summed E-state index contributed by atoms with van der Waals surface area (Å²) >= 11 is 0. The van der Waals surface area contributed by atoms with Crippen molar-refractivity contribution in [3.05, 3.63) is 59.7 Å². The van der Waals surface area contributed by atoms with Crippen LogP contribution in [0.25, 0.3) is 11.1 Å². The molecule has 2 rings (SSSR count). The average molecular weight is 296 g/mol. The summed E-state index contributed by atoms with van der Waals surface area (Å²) in [6.07, 6.45) is 1.01. The van der Waals surface area contributed by atoms with E-state index in [1.54, 1.807) is 0 Å². The summed E-state index contributed by atoms with van der Waals surface area (Å²) in [6, 6.07) is 16.3. The smallest absolute Gasteiger partial charge is 0.251 e. The van der Waals surface area contributed by atoms with Crippen LogP contribution in [0.3, 0.4) is 0 Å². The van der Waals surface area contributed by atoms with E-state index in [2.05, 4.69) is 36.5 Å².